The SMILES string of the molecule is CCC(C)N(C)CCNc1cc(OC)c(OC)cc1N. The van der Waals surface area contributed by atoms with Gasteiger partial charge in [0.15, 0.2) is 11.5 Å². The Kier molecular flexibility index (Phi) is 6.45. The van der Waals surface area contributed by atoms with E-state index in [-0.39, 0.29) is 0 Å². The van der Waals surface area contributed by atoms with Crippen LogP contribution in [0.25, 0.3) is 0 Å². The molecule has 0 spiro atoms. The number of nitrogens with two attached hydrogens (primary N) is 1. The molecule has 0 bridgehead atoms. The number of nitrogens with zero attached hydrogens (tertiary/aromatic N) is 1. The fourth-order valence-corrected chi connectivity index (χ4v) is 1.95. The second-order valence-electron chi connectivity index (χ2n) is 4.96. The van der Waals surface area contributed by atoms with Crippen LogP contribution in [0.15, 0.2) is 12.1 Å². The largest absolute Gasteiger partial charge is 0.493 e. The van der Waals surface area contributed by atoms with Crippen molar-refractivity contribution in [2.75, 3.05) is 45.4 Å². The summed E-state index contributed by atoms with van der Waals surface area (Å²) in [5.74, 6) is 1.33. The highest BCUT2D eigenvalue weighted by molar-refractivity contribution is 5.72. The minimum absolute atomic E-state index is 0.583. The first-order valence-corrected chi connectivity index (χ1v) is 6.99. The van der Waals surface area contributed by atoms with Gasteiger partial charge in [0.1, 0.15) is 0 Å². The van der Waals surface area contributed by atoms with Crippen molar-refractivity contribution in [3.63, 3.8) is 0 Å². The van der Waals surface area contributed by atoms with E-state index in [1.54, 1.807) is 20.3 Å². The Morgan fingerprint density at radius 2 is 1.85 bits per heavy atom. The molecule has 0 fully saturated rings. The Bertz CT molecular complexity index is 424. The molecule has 0 heterocycles. The molecular formula is C15H27N3O2. The summed E-state index contributed by atoms with van der Waals surface area (Å²) in [4.78, 5) is 2.32. The molecule has 0 amide bonds. The first-order chi connectivity index (χ1) is 9.53. The van der Waals surface area contributed by atoms with Gasteiger partial charge < -0.3 is 25.4 Å². The minimum Gasteiger partial charge on any atom is -0.493 e. The summed E-state index contributed by atoms with van der Waals surface area (Å²) in [6.07, 6.45) is 1.15. The Morgan fingerprint density at radius 1 is 1.25 bits per heavy atom. The van der Waals surface area contributed by atoms with Gasteiger partial charge in [0.25, 0.3) is 0 Å². The van der Waals surface area contributed by atoms with Crippen LogP contribution in [-0.4, -0.2) is 45.3 Å². The van der Waals surface area contributed by atoms with Gasteiger partial charge in [-0.05, 0) is 20.4 Å². The zero-order valence-corrected chi connectivity index (χ0v) is 13.2. The predicted molar refractivity (Wildman–Crippen MR) is 84.8 cm³/mol. The molecule has 1 aromatic rings. The molecule has 5 heteroatoms. The maximum absolute atomic E-state index is 6.01. The van der Waals surface area contributed by atoms with Gasteiger partial charge in [0.05, 0.1) is 25.6 Å². The third kappa shape index (κ3) is 4.20. The summed E-state index contributed by atoms with van der Waals surface area (Å²) in [7, 11) is 5.35. The van der Waals surface area contributed by atoms with Gasteiger partial charge in [-0.15, -0.1) is 0 Å². The van der Waals surface area contributed by atoms with Crippen LogP contribution in [-0.2, 0) is 0 Å². The molecule has 5 nitrogen and oxygen atoms in total. The zero-order valence-electron chi connectivity index (χ0n) is 13.2. The Hall–Kier alpha value is -1.62. The standard InChI is InChI=1S/C15H27N3O2/c1-6-11(2)18(3)8-7-17-13-10-15(20-5)14(19-4)9-12(13)16/h9-11,17H,6-8,16H2,1-5H3. The number of ether oxygens (including phenoxy) is 2. The first kappa shape index (κ1) is 16.4. The lowest BCUT2D eigenvalue weighted by Gasteiger charge is -2.24. The second kappa shape index (κ2) is 7.85. The highest BCUT2D eigenvalue weighted by atomic mass is 16.5. The van der Waals surface area contributed by atoms with E-state index in [0.717, 1.165) is 25.2 Å². The molecule has 0 aliphatic rings. The smallest absolute Gasteiger partial charge is 0.162 e. The zero-order chi connectivity index (χ0) is 15.1. The van der Waals surface area contributed by atoms with Gasteiger partial charge in [-0.1, -0.05) is 6.92 Å². The van der Waals surface area contributed by atoms with E-state index in [9.17, 15) is 0 Å². The molecule has 1 unspecified atom stereocenters. The van der Waals surface area contributed by atoms with Crippen molar-refractivity contribution in [2.24, 2.45) is 0 Å². The van der Waals surface area contributed by atoms with E-state index in [4.69, 9.17) is 15.2 Å². The number of nitrogens with one attached hydrogen (secondary N) is 1. The summed E-state index contributed by atoms with van der Waals surface area (Å²) in [6.45, 7) is 6.22. The van der Waals surface area contributed by atoms with Crippen molar-refractivity contribution in [2.45, 2.75) is 26.3 Å². The molecule has 0 saturated carbocycles. The normalized spacial score (nSPS) is 12.3. The van der Waals surface area contributed by atoms with Crippen LogP contribution >= 0.6 is 0 Å². The molecule has 3 N–H and O–H groups in total. The van der Waals surface area contributed by atoms with Crippen LogP contribution < -0.4 is 20.5 Å². The van der Waals surface area contributed by atoms with Crippen molar-refractivity contribution in [3.05, 3.63) is 12.1 Å². The number of benzene rings is 1. The van der Waals surface area contributed by atoms with Crippen LogP contribution in [0, 0.1) is 0 Å². The Labute approximate surface area is 122 Å². The van der Waals surface area contributed by atoms with E-state index in [2.05, 4.69) is 31.1 Å². The molecule has 0 aliphatic heterocycles. The van der Waals surface area contributed by atoms with E-state index in [1.165, 1.54) is 0 Å². The van der Waals surface area contributed by atoms with Crippen LogP contribution in [0.3, 0.4) is 0 Å². The molecule has 1 rings (SSSR count). The molecule has 0 aliphatic carbocycles. The third-order valence-electron chi connectivity index (χ3n) is 3.68. The lowest BCUT2D eigenvalue weighted by molar-refractivity contribution is 0.261. The fraction of sp³-hybridized carbons (Fsp3) is 0.600. The van der Waals surface area contributed by atoms with Gasteiger partial charge in [0, 0.05) is 31.3 Å². The van der Waals surface area contributed by atoms with Crippen LogP contribution in [0.2, 0.25) is 0 Å². The number of rotatable bonds is 8. The first-order valence-electron chi connectivity index (χ1n) is 6.99. The molecule has 20 heavy (non-hydrogen) atoms. The van der Waals surface area contributed by atoms with Crippen molar-refractivity contribution >= 4 is 11.4 Å². The van der Waals surface area contributed by atoms with E-state index >= 15 is 0 Å². The quantitative estimate of drug-likeness (QED) is 0.717. The number of hydrogen-bond donors (Lipinski definition) is 2. The van der Waals surface area contributed by atoms with E-state index in [1.807, 2.05) is 6.07 Å². The summed E-state index contributed by atoms with van der Waals surface area (Å²) in [6, 6.07) is 4.23. The van der Waals surface area contributed by atoms with Crippen LogP contribution in [0.1, 0.15) is 20.3 Å². The molecule has 0 radical (unpaired) electrons. The van der Waals surface area contributed by atoms with Crippen molar-refractivity contribution in [3.8, 4) is 11.5 Å². The molecule has 0 aromatic heterocycles. The highest BCUT2D eigenvalue weighted by Crippen LogP contribution is 2.34. The molecular weight excluding hydrogens is 254 g/mol. The van der Waals surface area contributed by atoms with Crippen LogP contribution in [0.4, 0.5) is 11.4 Å². The molecule has 1 aromatic carbocycles. The van der Waals surface area contributed by atoms with Crippen molar-refractivity contribution < 1.29 is 9.47 Å². The van der Waals surface area contributed by atoms with E-state index < -0.39 is 0 Å². The Morgan fingerprint density at radius 3 is 2.40 bits per heavy atom. The number of likely N-dealkylation sites (N-methyl/N-ethyl adjacent to an activating group) is 1. The number of methoxy groups -OCH3 is 2. The topological polar surface area (TPSA) is 59.8 Å². The van der Waals surface area contributed by atoms with Gasteiger partial charge in [0.2, 0.25) is 0 Å². The molecule has 1 atom stereocenters. The number of nitrogen functional groups attached to an aromatic ring is 1. The maximum Gasteiger partial charge on any atom is 0.162 e. The minimum atomic E-state index is 0.583. The summed E-state index contributed by atoms with van der Waals surface area (Å²) in [5.41, 5.74) is 7.55. The van der Waals surface area contributed by atoms with E-state index in [0.29, 0.717) is 23.2 Å². The predicted octanol–water partition coefficient (Wildman–Crippen LogP) is 2.43. The lowest BCUT2D eigenvalue weighted by atomic mass is 10.2. The second-order valence-corrected chi connectivity index (χ2v) is 4.96. The summed E-state index contributed by atoms with van der Waals surface area (Å²) in [5, 5.41) is 3.35. The molecule has 0 saturated heterocycles. The average Bonchev–Trinajstić information content (AvgIpc) is 2.47. The van der Waals surface area contributed by atoms with Crippen molar-refractivity contribution in [1.82, 2.24) is 4.90 Å². The third-order valence-corrected chi connectivity index (χ3v) is 3.68. The van der Waals surface area contributed by atoms with Crippen molar-refractivity contribution in [1.29, 1.82) is 0 Å². The maximum atomic E-state index is 6.01. The van der Waals surface area contributed by atoms with Crippen LogP contribution in [0.5, 0.6) is 11.5 Å². The highest BCUT2D eigenvalue weighted by Gasteiger charge is 2.10. The lowest BCUT2D eigenvalue weighted by Crippen LogP contribution is -2.32. The number of anilines is 2. The number of hydrogen-bond acceptors (Lipinski definition) is 5. The van der Waals surface area contributed by atoms with Gasteiger partial charge in [-0.25, -0.2) is 0 Å². The summed E-state index contributed by atoms with van der Waals surface area (Å²) >= 11 is 0. The summed E-state index contributed by atoms with van der Waals surface area (Å²) < 4.78 is 10.5. The Balaban J connectivity index is 2.64. The van der Waals surface area contributed by atoms with Gasteiger partial charge in [-0.2, -0.15) is 0 Å². The van der Waals surface area contributed by atoms with Gasteiger partial charge >= 0.3 is 0 Å². The monoisotopic (exact) mass is 281 g/mol. The van der Waals surface area contributed by atoms with Gasteiger partial charge in [-0.3, -0.25) is 0 Å². The fourth-order valence-electron chi connectivity index (χ4n) is 1.95. The molecule has 114 valence electrons. The average molecular weight is 281 g/mol.